The number of hydrogen-bond acceptors (Lipinski definition) is 6. The van der Waals surface area contributed by atoms with Gasteiger partial charge in [0.15, 0.2) is 0 Å². The minimum absolute atomic E-state index is 0.0176. The van der Waals surface area contributed by atoms with Gasteiger partial charge in [-0.2, -0.15) is 5.10 Å². The summed E-state index contributed by atoms with van der Waals surface area (Å²) in [7, 11) is 0. The van der Waals surface area contributed by atoms with Gasteiger partial charge < -0.3 is 10.5 Å². The first-order valence-electron chi connectivity index (χ1n) is 6.43. The largest absolute Gasteiger partial charge is 0.458 e. The van der Waals surface area contributed by atoms with Crippen molar-refractivity contribution in [2.45, 2.75) is 39.5 Å². The average molecular weight is 278 g/mol. The van der Waals surface area contributed by atoms with Crippen LogP contribution >= 0.6 is 0 Å². The molecule has 2 aromatic rings. The lowest BCUT2D eigenvalue weighted by atomic mass is 10.3. The second-order valence-electron chi connectivity index (χ2n) is 4.51. The van der Waals surface area contributed by atoms with Gasteiger partial charge in [0.2, 0.25) is 5.95 Å². The summed E-state index contributed by atoms with van der Waals surface area (Å²) in [5, 5.41) is 8.16. The van der Waals surface area contributed by atoms with E-state index in [0.29, 0.717) is 6.04 Å². The molecule has 108 valence electrons. The maximum absolute atomic E-state index is 11.6. The Morgan fingerprint density at radius 1 is 1.50 bits per heavy atom. The molecule has 0 fully saturated rings. The van der Waals surface area contributed by atoms with Crippen molar-refractivity contribution < 1.29 is 9.53 Å². The Morgan fingerprint density at radius 3 is 2.95 bits per heavy atom. The van der Waals surface area contributed by atoms with Gasteiger partial charge in [0.1, 0.15) is 19.5 Å². The number of carbonyl (C=O) groups excluding carboxylic acids is 1. The minimum Gasteiger partial charge on any atom is -0.458 e. The molecule has 0 spiro atoms. The Hall–Kier alpha value is -2.38. The van der Waals surface area contributed by atoms with Gasteiger partial charge in [-0.15, -0.1) is 5.10 Å². The van der Waals surface area contributed by atoms with Crippen LogP contribution in [0.5, 0.6) is 0 Å². The molecule has 2 aromatic heterocycles. The molecule has 1 unspecified atom stereocenters. The van der Waals surface area contributed by atoms with Crippen molar-refractivity contribution in [2.24, 2.45) is 0 Å². The van der Waals surface area contributed by atoms with Crippen LogP contribution in [0.2, 0.25) is 0 Å². The van der Waals surface area contributed by atoms with E-state index in [1.807, 2.05) is 16.9 Å². The van der Waals surface area contributed by atoms with E-state index in [2.05, 4.69) is 29.0 Å². The van der Waals surface area contributed by atoms with E-state index in [0.717, 1.165) is 12.1 Å². The standard InChI is InChI=1S/C12H18N6O2/c1-3-9(2)18-5-4-10(15-18)7-20-11(19)6-17-8-14-12(13)16-17/h4-5,8-9H,3,6-7H2,1-2H3,(H2,13,16). The van der Waals surface area contributed by atoms with Gasteiger partial charge in [0.25, 0.3) is 0 Å². The maximum Gasteiger partial charge on any atom is 0.328 e. The molecule has 0 aromatic carbocycles. The normalized spacial score (nSPS) is 12.3. The molecule has 0 bridgehead atoms. The number of hydrogen-bond donors (Lipinski definition) is 1. The zero-order valence-corrected chi connectivity index (χ0v) is 11.6. The van der Waals surface area contributed by atoms with Crippen molar-refractivity contribution in [2.75, 3.05) is 5.73 Å². The Labute approximate surface area is 116 Å². The van der Waals surface area contributed by atoms with E-state index in [4.69, 9.17) is 10.5 Å². The highest BCUT2D eigenvalue weighted by Crippen LogP contribution is 2.09. The van der Waals surface area contributed by atoms with Gasteiger partial charge in [-0.05, 0) is 19.4 Å². The number of nitrogens with zero attached hydrogens (tertiary/aromatic N) is 5. The fourth-order valence-electron chi connectivity index (χ4n) is 1.60. The molecule has 8 nitrogen and oxygen atoms in total. The van der Waals surface area contributed by atoms with Crippen LogP contribution in [0.3, 0.4) is 0 Å². The van der Waals surface area contributed by atoms with Crippen molar-refractivity contribution in [1.82, 2.24) is 24.5 Å². The van der Waals surface area contributed by atoms with E-state index < -0.39 is 5.97 Å². The van der Waals surface area contributed by atoms with Crippen molar-refractivity contribution in [3.8, 4) is 0 Å². The molecule has 2 N–H and O–H groups in total. The van der Waals surface area contributed by atoms with Crippen molar-refractivity contribution in [3.63, 3.8) is 0 Å². The van der Waals surface area contributed by atoms with E-state index in [-0.39, 0.29) is 19.1 Å². The topological polar surface area (TPSA) is 101 Å². The van der Waals surface area contributed by atoms with Crippen LogP contribution < -0.4 is 5.73 Å². The smallest absolute Gasteiger partial charge is 0.328 e. The van der Waals surface area contributed by atoms with Crippen LogP contribution in [0.15, 0.2) is 18.6 Å². The molecule has 20 heavy (non-hydrogen) atoms. The summed E-state index contributed by atoms with van der Waals surface area (Å²) in [5.74, 6) is -0.280. The number of anilines is 1. The highest BCUT2D eigenvalue weighted by molar-refractivity contribution is 5.69. The third kappa shape index (κ3) is 3.56. The number of nitrogen functional groups attached to an aromatic ring is 1. The third-order valence-electron chi connectivity index (χ3n) is 2.93. The van der Waals surface area contributed by atoms with E-state index in [9.17, 15) is 4.79 Å². The molecule has 0 saturated heterocycles. The van der Waals surface area contributed by atoms with E-state index in [1.54, 1.807) is 0 Å². The van der Waals surface area contributed by atoms with E-state index in [1.165, 1.54) is 11.0 Å². The molecule has 0 aliphatic heterocycles. The second kappa shape index (κ2) is 6.18. The molecule has 0 amide bonds. The predicted octanol–water partition coefficient (Wildman–Crippen LogP) is 0.771. The highest BCUT2D eigenvalue weighted by atomic mass is 16.5. The van der Waals surface area contributed by atoms with Gasteiger partial charge >= 0.3 is 5.97 Å². The zero-order valence-electron chi connectivity index (χ0n) is 11.6. The first-order valence-corrected chi connectivity index (χ1v) is 6.43. The number of aromatic nitrogens is 5. The molecule has 2 rings (SSSR count). The first kappa shape index (κ1) is 14.0. The Morgan fingerprint density at radius 2 is 2.30 bits per heavy atom. The molecule has 0 radical (unpaired) electrons. The Balaban J connectivity index is 1.82. The van der Waals surface area contributed by atoms with Gasteiger partial charge in [-0.25, -0.2) is 9.67 Å². The number of carbonyl (C=O) groups is 1. The summed E-state index contributed by atoms with van der Waals surface area (Å²) >= 11 is 0. The molecule has 8 heteroatoms. The molecule has 2 heterocycles. The monoisotopic (exact) mass is 278 g/mol. The molecule has 0 aliphatic rings. The summed E-state index contributed by atoms with van der Waals surface area (Å²) < 4.78 is 8.31. The highest BCUT2D eigenvalue weighted by Gasteiger charge is 2.09. The lowest BCUT2D eigenvalue weighted by Gasteiger charge is -2.08. The summed E-state index contributed by atoms with van der Waals surface area (Å²) in [6, 6.07) is 2.17. The molecular weight excluding hydrogens is 260 g/mol. The van der Waals surface area contributed by atoms with Gasteiger partial charge in [-0.3, -0.25) is 9.48 Å². The van der Waals surface area contributed by atoms with Crippen molar-refractivity contribution in [3.05, 3.63) is 24.3 Å². The Bertz CT molecular complexity index is 576. The summed E-state index contributed by atoms with van der Waals surface area (Å²) in [6.45, 7) is 4.30. The quantitative estimate of drug-likeness (QED) is 0.783. The summed E-state index contributed by atoms with van der Waals surface area (Å²) in [4.78, 5) is 15.3. The van der Waals surface area contributed by atoms with Crippen LogP contribution in [-0.2, 0) is 22.7 Å². The predicted molar refractivity (Wildman–Crippen MR) is 71.5 cm³/mol. The van der Waals surface area contributed by atoms with Crippen LogP contribution in [0.25, 0.3) is 0 Å². The fraction of sp³-hybridized carbons (Fsp3) is 0.500. The number of esters is 1. The lowest BCUT2D eigenvalue weighted by Crippen LogP contribution is -2.14. The molecule has 0 aliphatic carbocycles. The summed E-state index contributed by atoms with van der Waals surface area (Å²) in [5.41, 5.74) is 6.07. The zero-order chi connectivity index (χ0) is 14.5. The number of ether oxygens (including phenoxy) is 1. The van der Waals surface area contributed by atoms with Crippen molar-refractivity contribution in [1.29, 1.82) is 0 Å². The minimum atomic E-state index is -0.409. The van der Waals surface area contributed by atoms with Crippen LogP contribution in [0.4, 0.5) is 5.95 Å². The first-order chi connectivity index (χ1) is 9.58. The number of nitrogens with two attached hydrogens (primary N) is 1. The average Bonchev–Trinajstić information content (AvgIpc) is 3.05. The second-order valence-corrected chi connectivity index (χ2v) is 4.51. The fourth-order valence-corrected chi connectivity index (χ4v) is 1.60. The van der Waals surface area contributed by atoms with Crippen LogP contribution in [0.1, 0.15) is 32.0 Å². The van der Waals surface area contributed by atoms with E-state index >= 15 is 0 Å². The molecule has 1 atom stereocenters. The molecule has 0 saturated carbocycles. The Kier molecular flexibility index (Phi) is 4.34. The van der Waals surface area contributed by atoms with Gasteiger partial charge in [0.05, 0.1) is 5.69 Å². The lowest BCUT2D eigenvalue weighted by molar-refractivity contribution is -0.146. The number of rotatable bonds is 6. The molecular formula is C12H18N6O2. The van der Waals surface area contributed by atoms with Crippen LogP contribution in [-0.4, -0.2) is 30.5 Å². The SMILES string of the molecule is CCC(C)n1ccc(COC(=O)Cn2cnc(N)n2)n1. The summed E-state index contributed by atoms with van der Waals surface area (Å²) in [6.07, 6.45) is 4.26. The maximum atomic E-state index is 11.6. The van der Waals surface area contributed by atoms with Gasteiger partial charge in [0, 0.05) is 12.2 Å². The van der Waals surface area contributed by atoms with Crippen molar-refractivity contribution >= 4 is 11.9 Å². The van der Waals surface area contributed by atoms with Crippen LogP contribution in [0, 0.1) is 0 Å². The van der Waals surface area contributed by atoms with Gasteiger partial charge in [-0.1, -0.05) is 6.92 Å². The third-order valence-corrected chi connectivity index (χ3v) is 2.93.